The molecular formula is C18H20Cl2N3O2S+. The first-order chi connectivity index (χ1) is 12.5. The maximum Gasteiger partial charge on any atom is 0.223 e. The molecule has 0 amide bonds. The maximum atomic E-state index is 6.02. The predicted octanol–water partition coefficient (Wildman–Crippen LogP) is 2.48. The molecule has 0 spiro atoms. The van der Waals surface area contributed by atoms with E-state index in [1.807, 2.05) is 31.2 Å². The molecule has 26 heavy (non-hydrogen) atoms. The van der Waals surface area contributed by atoms with Gasteiger partial charge in [0.25, 0.3) is 0 Å². The number of hydrogen-bond acceptors (Lipinski definition) is 3. The Morgan fingerprint density at radius 1 is 1.15 bits per heavy atom. The second kappa shape index (κ2) is 10.2. The lowest BCUT2D eigenvalue weighted by atomic mass is 10.2. The third-order valence-electron chi connectivity index (χ3n) is 3.33. The number of hydrogen-bond donors (Lipinski definition) is 3. The highest BCUT2D eigenvalue weighted by Crippen LogP contribution is 2.29. The number of halogens is 2. The first-order valence-electron chi connectivity index (χ1n) is 7.90. The summed E-state index contributed by atoms with van der Waals surface area (Å²) in [6, 6.07) is 11.0. The number of benzene rings is 2. The molecule has 0 saturated carbocycles. The molecular weight excluding hydrogens is 393 g/mol. The van der Waals surface area contributed by atoms with Gasteiger partial charge in [0.1, 0.15) is 6.61 Å². The molecule has 0 bridgehead atoms. The van der Waals surface area contributed by atoms with Gasteiger partial charge in [-0.1, -0.05) is 29.3 Å². The highest BCUT2D eigenvalue weighted by molar-refractivity contribution is 7.80. The number of thiocarbonyl (C=S) groups is 1. The number of methoxy groups -OCH3 is 1. The van der Waals surface area contributed by atoms with Crippen LogP contribution >= 0.6 is 35.4 Å². The topological polar surface area (TPSA) is 56.5 Å². The quantitative estimate of drug-likeness (QED) is 0.370. The first-order valence-corrected chi connectivity index (χ1v) is 9.07. The SMILES string of the molecule is CCNC(=S)N[NH+]=Cc1ccc(OCc2ccc(Cl)c(Cl)c2)c(OC)c1. The first kappa shape index (κ1) is 20.3. The van der Waals surface area contributed by atoms with E-state index < -0.39 is 0 Å². The van der Waals surface area contributed by atoms with Crippen LogP contribution in [0.4, 0.5) is 0 Å². The summed E-state index contributed by atoms with van der Waals surface area (Å²) < 4.78 is 11.2. The van der Waals surface area contributed by atoms with Gasteiger partial charge in [-0.05, 0) is 55.0 Å². The molecule has 0 atom stereocenters. The molecule has 138 valence electrons. The molecule has 0 heterocycles. The zero-order chi connectivity index (χ0) is 18.9. The van der Waals surface area contributed by atoms with Crippen LogP contribution in [-0.2, 0) is 6.61 Å². The van der Waals surface area contributed by atoms with Crippen molar-refractivity contribution in [3.63, 3.8) is 0 Å². The van der Waals surface area contributed by atoms with Crippen molar-refractivity contribution in [2.24, 2.45) is 0 Å². The Labute approximate surface area is 168 Å². The van der Waals surface area contributed by atoms with Gasteiger partial charge in [0.15, 0.2) is 17.7 Å². The molecule has 0 fully saturated rings. The van der Waals surface area contributed by atoms with Crippen LogP contribution < -0.4 is 25.3 Å². The Morgan fingerprint density at radius 3 is 2.65 bits per heavy atom. The van der Waals surface area contributed by atoms with Crippen LogP contribution in [0.1, 0.15) is 18.1 Å². The molecule has 3 N–H and O–H groups in total. The van der Waals surface area contributed by atoms with Gasteiger partial charge in [-0.15, -0.1) is 10.5 Å². The molecule has 5 nitrogen and oxygen atoms in total. The molecule has 2 aromatic carbocycles. The summed E-state index contributed by atoms with van der Waals surface area (Å²) in [5.74, 6) is 1.25. The predicted molar refractivity (Wildman–Crippen MR) is 109 cm³/mol. The van der Waals surface area contributed by atoms with E-state index >= 15 is 0 Å². The number of hydrazone groups is 1. The van der Waals surface area contributed by atoms with Crippen molar-refractivity contribution in [2.45, 2.75) is 13.5 Å². The number of nitrogens with one attached hydrogen (secondary N) is 3. The molecule has 0 radical (unpaired) electrons. The summed E-state index contributed by atoms with van der Waals surface area (Å²) in [5.41, 5.74) is 4.68. The van der Waals surface area contributed by atoms with E-state index in [0.29, 0.717) is 33.3 Å². The van der Waals surface area contributed by atoms with Crippen LogP contribution in [-0.4, -0.2) is 25.0 Å². The highest BCUT2D eigenvalue weighted by atomic mass is 35.5. The van der Waals surface area contributed by atoms with Gasteiger partial charge in [-0.25, -0.2) is 0 Å². The van der Waals surface area contributed by atoms with E-state index in [0.717, 1.165) is 17.7 Å². The van der Waals surface area contributed by atoms with E-state index in [-0.39, 0.29) is 0 Å². The van der Waals surface area contributed by atoms with Crippen molar-refractivity contribution in [3.05, 3.63) is 57.6 Å². The van der Waals surface area contributed by atoms with Crippen LogP contribution in [0.2, 0.25) is 10.0 Å². The van der Waals surface area contributed by atoms with E-state index in [2.05, 4.69) is 15.8 Å². The lowest BCUT2D eigenvalue weighted by Crippen LogP contribution is -2.82. The largest absolute Gasteiger partial charge is 0.493 e. The molecule has 0 aliphatic heterocycles. The fourth-order valence-corrected chi connectivity index (χ4v) is 2.60. The maximum absolute atomic E-state index is 6.02. The fraction of sp³-hybridized carbons (Fsp3) is 0.222. The lowest BCUT2D eigenvalue weighted by molar-refractivity contribution is -0.500. The third-order valence-corrected chi connectivity index (χ3v) is 4.31. The van der Waals surface area contributed by atoms with E-state index in [9.17, 15) is 0 Å². The summed E-state index contributed by atoms with van der Waals surface area (Å²) >= 11 is 17.0. The summed E-state index contributed by atoms with van der Waals surface area (Å²) in [6.45, 7) is 3.08. The number of ether oxygens (including phenoxy) is 2. The van der Waals surface area contributed by atoms with Crippen LogP contribution in [0, 0.1) is 0 Å². The standard InChI is InChI=1S/C18H19Cl2N3O2S/c1-3-21-18(26)23-22-10-12-5-7-16(17(9-12)24-2)25-11-13-4-6-14(19)15(20)8-13/h4-10H,3,11H2,1-2H3,(H2,21,23,26)/p+1. The van der Waals surface area contributed by atoms with Crippen molar-refractivity contribution in [2.75, 3.05) is 13.7 Å². The smallest absolute Gasteiger partial charge is 0.223 e. The van der Waals surface area contributed by atoms with Crippen molar-refractivity contribution in [1.82, 2.24) is 10.7 Å². The molecule has 0 aliphatic rings. The highest BCUT2D eigenvalue weighted by Gasteiger charge is 2.08. The Hall–Kier alpha value is -2.02. The average molecular weight is 413 g/mol. The van der Waals surface area contributed by atoms with Crippen molar-refractivity contribution in [1.29, 1.82) is 0 Å². The van der Waals surface area contributed by atoms with Gasteiger partial charge in [-0.2, -0.15) is 0 Å². The van der Waals surface area contributed by atoms with Gasteiger partial charge in [-0.3, -0.25) is 0 Å². The minimum atomic E-state index is 0.354. The van der Waals surface area contributed by atoms with Crippen molar-refractivity contribution < 1.29 is 14.6 Å². The second-order valence-corrected chi connectivity index (χ2v) is 6.44. The second-order valence-electron chi connectivity index (χ2n) is 5.22. The molecule has 2 aromatic rings. The van der Waals surface area contributed by atoms with E-state index in [4.69, 9.17) is 44.9 Å². The fourth-order valence-electron chi connectivity index (χ4n) is 2.07. The minimum absolute atomic E-state index is 0.354. The summed E-state index contributed by atoms with van der Waals surface area (Å²) in [7, 11) is 1.59. The zero-order valence-electron chi connectivity index (χ0n) is 14.4. The molecule has 0 unspecified atom stereocenters. The number of rotatable bonds is 7. The Bertz CT molecular complexity index is 800. The molecule has 0 saturated heterocycles. The summed E-state index contributed by atoms with van der Waals surface area (Å²) in [4.78, 5) is 0. The monoisotopic (exact) mass is 412 g/mol. The zero-order valence-corrected chi connectivity index (χ0v) is 16.8. The third kappa shape index (κ3) is 6.05. The lowest BCUT2D eigenvalue weighted by Gasteiger charge is -2.11. The molecule has 0 aliphatic carbocycles. The van der Waals surface area contributed by atoms with Gasteiger partial charge >= 0.3 is 0 Å². The van der Waals surface area contributed by atoms with Crippen LogP contribution in [0.3, 0.4) is 0 Å². The van der Waals surface area contributed by atoms with E-state index in [1.165, 1.54) is 0 Å². The molecule has 0 aromatic heterocycles. The number of hydrazine groups is 1. The van der Waals surface area contributed by atoms with Crippen molar-refractivity contribution in [3.8, 4) is 11.5 Å². The van der Waals surface area contributed by atoms with Gasteiger partial charge in [0.2, 0.25) is 5.11 Å². The van der Waals surface area contributed by atoms with Crippen molar-refractivity contribution >= 4 is 46.7 Å². The molecule has 2 rings (SSSR count). The minimum Gasteiger partial charge on any atom is -0.493 e. The summed E-state index contributed by atoms with van der Waals surface area (Å²) in [6.07, 6.45) is 1.77. The molecule has 8 heteroatoms. The average Bonchev–Trinajstić information content (AvgIpc) is 2.63. The summed E-state index contributed by atoms with van der Waals surface area (Å²) in [5, 5.41) is 7.44. The Balaban J connectivity index is 2.02. The van der Waals surface area contributed by atoms with E-state index in [1.54, 1.807) is 25.5 Å². The van der Waals surface area contributed by atoms with Gasteiger partial charge in [0, 0.05) is 12.1 Å². The van der Waals surface area contributed by atoms with Gasteiger partial charge < -0.3 is 14.8 Å². The van der Waals surface area contributed by atoms with Crippen LogP contribution in [0.5, 0.6) is 11.5 Å². The van der Waals surface area contributed by atoms with Crippen LogP contribution in [0.25, 0.3) is 0 Å². The van der Waals surface area contributed by atoms with Crippen LogP contribution in [0.15, 0.2) is 36.4 Å². The normalized spacial score (nSPS) is 10.6. The Morgan fingerprint density at radius 2 is 1.96 bits per heavy atom. The Kier molecular flexibility index (Phi) is 7.97. The van der Waals surface area contributed by atoms with Gasteiger partial charge in [0.05, 0.1) is 17.2 Å².